The predicted octanol–water partition coefficient (Wildman–Crippen LogP) is 4.52. The molecule has 0 aliphatic heterocycles. The van der Waals surface area contributed by atoms with Crippen LogP contribution in [0.25, 0.3) is 11.3 Å². The van der Waals surface area contributed by atoms with Gasteiger partial charge in [-0.05, 0) is 55.3 Å². The van der Waals surface area contributed by atoms with Crippen LogP contribution in [-0.4, -0.2) is 18.4 Å². The van der Waals surface area contributed by atoms with Gasteiger partial charge in [0.25, 0.3) is 10.0 Å². The van der Waals surface area contributed by atoms with E-state index in [1.807, 2.05) is 32.0 Å². The summed E-state index contributed by atoms with van der Waals surface area (Å²) in [6.07, 6.45) is 0. The first-order valence-electron chi connectivity index (χ1n) is 10.1. The molecule has 4 aromatic rings. The van der Waals surface area contributed by atoms with E-state index in [1.165, 1.54) is 12.1 Å². The molecular weight excluding hydrogens is 438 g/mol. The Bertz CT molecular complexity index is 1420. The molecule has 0 unspecified atom stereocenters. The number of anilines is 3. The summed E-state index contributed by atoms with van der Waals surface area (Å²) >= 11 is 0. The third-order valence-corrected chi connectivity index (χ3v) is 6.24. The van der Waals surface area contributed by atoms with E-state index in [0.717, 1.165) is 16.7 Å². The Labute approximate surface area is 192 Å². The number of aryl methyl sites for hydroxylation is 2. The molecule has 1 heterocycles. The van der Waals surface area contributed by atoms with Crippen LogP contribution >= 0.6 is 0 Å². The van der Waals surface area contributed by atoms with Crippen LogP contribution in [0, 0.1) is 13.8 Å². The fourth-order valence-electron chi connectivity index (χ4n) is 3.43. The molecule has 0 aliphatic carbocycles. The fourth-order valence-corrected chi connectivity index (χ4v) is 4.43. The highest BCUT2D eigenvalue weighted by Gasteiger charge is 2.19. The van der Waals surface area contributed by atoms with Gasteiger partial charge in [0.1, 0.15) is 5.75 Å². The third kappa shape index (κ3) is 5.04. The predicted molar refractivity (Wildman–Crippen MR) is 130 cm³/mol. The molecule has 0 atom stereocenters. The van der Waals surface area contributed by atoms with Gasteiger partial charge in [0, 0.05) is 29.1 Å². The monoisotopic (exact) mass is 461 g/mol. The lowest BCUT2D eigenvalue weighted by atomic mass is 10.00. The zero-order valence-corrected chi connectivity index (χ0v) is 18.9. The molecule has 0 amide bonds. The Kier molecular flexibility index (Phi) is 5.89. The number of rotatable bonds is 6. The van der Waals surface area contributed by atoms with Crippen molar-refractivity contribution in [2.24, 2.45) is 0 Å². The van der Waals surface area contributed by atoms with Crippen molar-refractivity contribution in [2.45, 2.75) is 18.7 Å². The minimum Gasteiger partial charge on any atom is -0.439 e. The molecule has 0 spiro atoms. The lowest BCUT2D eigenvalue weighted by Crippen LogP contribution is -2.16. The van der Waals surface area contributed by atoms with E-state index >= 15 is 0 Å². The summed E-state index contributed by atoms with van der Waals surface area (Å²) in [4.78, 5) is 8.76. The average Bonchev–Trinajstić information content (AvgIpc) is 2.73. The lowest BCUT2D eigenvalue weighted by molar-refractivity contribution is 0.463. The van der Waals surface area contributed by atoms with Gasteiger partial charge in [0.05, 0.1) is 10.6 Å². The van der Waals surface area contributed by atoms with E-state index in [9.17, 15) is 8.42 Å². The van der Waals surface area contributed by atoms with Crippen molar-refractivity contribution in [3.05, 3.63) is 83.9 Å². The summed E-state index contributed by atoms with van der Waals surface area (Å²) in [6, 6.07) is 20.4. The van der Waals surface area contributed by atoms with Crippen LogP contribution in [0.3, 0.4) is 0 Å². The Morgan fingerprint density at radius 3 is 2.12 bits per heavy atom. The summed E-state index contributed by atoms with van der Waals surface area (Å²) in [5.41, 5.74) is 15.8. The van der Waals surface area contributed by atoms with Crippen molar-refractivity contribution in [3.63, 3.8) is 0 Å². The summed E-state index contributed by atoms with van der Waals surface area (Å²) in [5, 5.41) is 0. The molecule has 0 fully saturated rings. The number of benzene rings is 3. The first-order valence-corrected chi connectivity index (χ1v) is 11.6. The highest BCUT2D eigenvalue weighted by molar-refractivity contribution is 7.92. The van der Waals surface area contributed by atoms with Gasteiger partial charge in [-0.1, -0.05) is 30.3 Å². The molecule has 1 aromatic heterocycles. The van der Waals surface area contributed by atoms with Crippen LogP contribution in [0.1, 0.15) is 11.1 Å². The van der Waals surface area contributed by atoms with Gasteiger partial charge in [-0.25, -0.2) is 18.1 Å². The maximum atomic E-state index is 12.9. The molecular formula is C24H23N5O3S. The van der Waals surface area contributed by atoms with Crippen LogP contribution in [0.2, 0.25) is 0 Å². The second-order valence-electron chi connectivity index (χ2n) is 7.53. The summed E-state index contributed by atoms with van der Waals surface area (Å²) in [6.45, 7) is 3.92. The Morgan fingerprint density at radius 1 is 0.818 bits per heavy atom. The molecule has 5 N–H and O–H groups in total. The number of aromatic nitrogens is 2. The topological polar surface area (TPSA) is 133 Å². The summed E-state index contributed by atoms with van der Waals surface area (Å²) < 4.78 is 34.2. The summed E-state index contributed by atoms with van der Waals surface area (Å²) in [7, 11) is -3.98. The van der Waals surface area contributed by atoms with Crippen LogP contribution in [0.5, 0.6) is 11.6 Å². The number of nitrogen functional groups attached to an aromatic ring is 2. The molecule has 33 heavy (non-hydrogen) atoms. The molecule has 0 bridgehead atoms. The third-order valence-electron chi connectivity index (χ3n) is 4.91. The van der Waals surface area contributed by atoms with Crippen LogP contribution in [-0.2, 0) is 10.0 Å². The standard InChI is InChI=1S/C24H23N5O3S/c1-15-6-3-7-16(2)23(15)21-14-22(32-19-10-4-8-17(25)12-19)28-24(27-21)29-33(30,31)20-11-5-9-18(26)13-20/h3-14H,25-26H2,1-2H3,(H,27,28,29). The molecule has 0 radical (unpaired) electrons. The smallest absolute Gasteiger partial charge is 0.264 e. The second kappa shape index (κ2) is 8.79. The SMILES string of the molecule is Cc1cccc(C)c1-c1cc(Oc2cccc(N)c2)nc(NS(=O)(=O)c2cccc(N)c2)n1. The Hall–Kier alpha value is -4.11. The van der Waals surface area contributed by atoms with E-state index in [1.54, 1.807) is 42.5 Å². The maximum Gasteiger partial charge on any atom is 0.264 e. The largest absolute Gasteiger partial charge is 0.439 e. The molecule has 0 aliphatic rings. The van der Waals surface area contributed by atoms with Crippen LogP contribution in [0.4, 0.5) is 17.3 Å². The van der Waals surface area contributed by atoms with Gasteiger partial charge in [-0.15, -0.1) is 0 Å². The molecule has 3 aromatic carbocycles. The van der Waals surface area contributed by atoms with Crippen molar-refractivity contribution in [3.8, 4) is 22.9 Å². The number of nitrogens with two attached hydrogens (primary N) is 2. The molecule has 0 saturated heterocycles. The van der Waals surface area contributed by atoms with Crippen LogP contribution < -0.4 is 20.9 Å². The molecule has 168 valence electrons. The Balaban J connectivity index is 1.80. The van der Waals surface area contributed by atoms with Crippen molar-refractivity contribution in [2.75, 3.05) is 16.2 Å². The van der Waals surface area contributed by atoms with Crippen molar-refractivity contribution >= 4 is 27.3 Å². The minimum absolute atomic E-state index is 0.00174. The first-order chi connectivity index (χ1) is 15.7. The summed E-state index contributed by atoms with van der Waals surface area (Å²) in [5.74, 6) is 0.501. The van der Waals surface area contributed by atoms with Crippen molar-refractivity contribution in [1.82, 2.24) is 9.97 Å². The van der Waals surface area contributed by atoms with E-state index < -0.39 is 10.0 Å². The van der Waals surface area contributed by atoms with Gasteiger partial charge >= 0.3 is 0 Å². The molecule has 4 rings (SSSR count). The quantitative estimate of drug-likeness (QED) is 0.360. The number of nitrogens with one attached hydrogen (secondary N) is 1. The van der Waals surface area contributed by atoms with E-state index in [2.05, 4.69) is 14.7 Å². The molecule has 8 nitrogen and oxygen atoms in total. The van der Waals surface area contributed by atoms with E-state index in [-0.39, 0.29) is 16.7 Å². The molecule has 0 saturated carbocycles. The number of hydrogen-bond donors (Lipinski definition) is 3. The number of nitrogens with zero attached hydrogens (tertiary/aromatic N) is 2. The Morgan fingerprint density at radius 2 is 1.45 bits per heavy atom. The van der Waals surface area contributed by atoms with Crippen LogP contribution in [0.15, 0.2) is 77.7 Å². The lowest BCUT2D eigenvalue weighted by Gasteiger charge is -2.14. The zero-order valence-electron chi connectivity index (χ0n) is 18.1. The minimum atomic E-state index is -3.98. The highest BCUT2D eigenvalue weighted by Crippen LogP contribution is 2.31. The van der Waals surface area contributed by atoms with E-state index in [0.29, 0.717) is 22.8 Å². The number of sulfonamides is 1. The number of hydrogen-bond acceptors (Lipinski definition) is 7. The van der Waals surface area contributed by atoms with Gasteiger partial charge < -0.3 is 16.2 Å². The molecule has 9 heteroatoms. The first kappa shape index (κ1) is 22.1. The van der Waals surface area contributed by atoms with Crippen molar-refractivity contribution < 1.29 is 13.2 Å². The maximum absolute atomic E-state index is 12.9. The second-order valence-corrected chi connectivity index (χ2v) is 9.22. The fraction of sp³-hybridized carbons (Fsp3) is 0.0833. The number of ether oxygens (including phenoxy) is 1. The zero-order chi connectivity index (χ0) is 23.6. The van der Waals surface area contributed by atoms with Gasteiger partial charge in [-0.2, -0.15) is 4.98 Å². The highest BCUT2D eigenvalue weighted by atomic mass is 32.2. The normalized spacial score (nSPS) is 11.2. The van der Waals surface area contributed by atoms with Crippen molar-refractivity contribution in [1.29, 1.82) is 0 Å². The van der Waals surface area contributed by atoms with Gasteiger partial charge in [0.2, 0.25) is 11.8 Å². The van der Waals surface area contributed by atoms with Gasteiger partial charge in [0.15, 0.2) is 0 Å². The van der Waals surface area contributed by atoms with E-state index in [4.69, 9.17) is 16.2 Å². The van der Waals surface area contributed by atoms with Gasteiger partial charge in [-0.3, -0.25) is 0 Å². The average molecular weight is 462 g/mol.